The lowest BCUT2D eigenvalue weighted by molar-refractivity contribution is 0.483. The molecule has 1 N–H and O–H groups in total. The van der Waals surface area contributed by atoms with Crippen LogP contribution in [-0.4, -0.2) is 21.0 Å². The van der Waals surface area contributed by atoms with Crippen molar-refractivity contribution < 1.29 is 13.0 Å². The smallest absolute Gasteiger partial charge is 0.282 e. The zero-order valence-corrected chi connectivity index (χ0v) is 11.2. The molecule has 0 aliphatic heterocycles. The van der Waals surface area contributed by atoms with Gasteiger partial charge in [0.15, 0.2) is 0 Å². The fourth-order valence-corrected chi connectivity index (χ4v) is 4.04. The van der Waals surface area contributed by atoms with Gasteiger partial charge < -0.3 is 0 Å². The Bertz CT molecular complexity index is 472. The number of hydrogen-bond donors (Lipinski definition) is 1. The molecule has 0 atom stereocenters. The van der Waals surface area contributed by atoms with E-state index in [9.17, 15) is 8.42 Å². The van der Waals surface area contributed by atoms with E-state index < -0.39 is 18.2 Å². The minimum Gasteiger partial charge on any atom is -0.282 e. The van der Waals surface area contributed by atoms with Crippen molar-refractivity contribution in [2.24, 2.45) is 0 Å². The van der Waals surface area contributed by atoms with E-state index in [1.807, 2.05) is 6.92 Å². The van der Waals surface area contributed by atoms with Crippen LogP contribution in [0.15, 0.2) is 23.1 Å². The van der Waals surface area contributed by atoms with Gasteiger partial charge in [-0.25, -0.2) is 0 Å². The van der Waals surface area contributed by atoms with Crippen molar-refractivity contribution in [1.29, 1.82) is 0 Å². The molecule has 0 saturated carbocycles. The molecule has 1 aromatic carbocycles. The van der Waals surface area contributed by atoms with E-state index in [4.69, 9.17) is 4.55 Å². The van der Waals surface area contributed by atoms with Crippen LogP contribution in [0.1, 0.15) is 5.56 Å². The molecule has 0 saturated heterocycles. The summed E-state index contributed by atoms with van der Waals surface area (Å²) in [6.07, 6.45) is 0. The normalized spacial score (nSPS) is 12.9. The van der Waals surface area contributed by atoms with Gasteiger partial charge in [-0.2, -0.15) is 8.42 Å². The molecule has 15 heavy (non-hydrogen) atoms. The first-order valence-electron chi connectivity index (χ1n) is 4.71. The van der Waals surface area contributed by atoms with Crippen molar-refractivity contribution >= 4 is 23.4 Å². The lowest BCUT2D eigenvalue weighted by Gasteiger charge is -2.19. The van der Waals surface area contributed by atoms with Crippen LogP contribution in [0.25, 0.3) is 0 Å². The molecule has 3 nitrogen and oxygen atoms in total. The average molecular weight is 244 g/mol. The molecule has 0 unspecified atom stereocenters. The molecule has 0 aliphatic carbocycles. The minimum absolute atomic E-state index is 0.00877. The second-order valence-electron chi connectivity index (χ2n) is 4.70. The molecule has 1 aromatic rings. The van der Waals surface area contributed by atoms with Crippen LogP contribution < -0.4 is 5.19 Å². The fraction of sp³-hybridized carbons (Fsp3) is 0.400. The first-order chi connectivity index (χ1) is 6.62. The number of rotatable bonds is 2. The van der Waals surface area contributed by atoms with Gasteiger partial charge >= 0.3 is 0 Å². The van der Waals surface area contributed by atoms with Gasteiger partial charge in [0.1, 0.15) is 0 Å². The molecule has 5 heteroatoms. The molecule has 0 heterocycles. The van der Waals surface area contributed by atoms with Crippen molar-refractivity contribution in [1.82, 2.24) is 0 Å². The van der Waals surface area contributed by atoms with Gasteiger partial charge in [-0.1, -0.05) is 36.5 Å². The highest BCUT2D eigenvalue weighted by Crippen LogP contribution is 2.12. The van der Waals surface area contributed by atoms with E-state index in [-0.39, 0.29) is 4.90 Å². The maximum atomic E-state index is 11.0. The third-order valence-corrected chi connectivity index (χ3v) is 5.32. The summed E-state index contributed by atoms with van der Waals surface area (Å²) in [4.78, 5) is -0.00877. The number of benzene rings is 1. The van der Waals surface area contributed by atoms with Crippen LogP contribution in [0.4, 0.5) is 0 Å². The Hall–Kier alpha value is -0.653. The predicted molar refractivity (Wildman–Crippen MR) is 64.0 cm³/mol. The monoisotopic (exact) mass is 244 g/mol. The molecule has 0 aromatic heterocycles. The Kier molecular flexibility index (Phi) is 3.09. The van der Waals surface area contributed by atoms with Crippen molar-refractivity contribution in [2.45, 2.75) is 31.5 Å². The first kappa shape index (κ1) is 12.4. The average Bonchev–Trinajstić information content (AvgIpc) is 2.00. The van der Waals surface area contributed by atoms with E-state index in [2.05, 4.69) is 19.6 Å². The standard InChI is InChI=1S/C10H16O3SSi/c1-8-5-6-9(14(11,12)13)7-10(8)15(2,3)4/h5-7H,1-4H3,(H,11,12,13). The van der Waals surface area contributed by atoms with E-state index >= 15 is 0 Å². The van der Waals surface area contributed by atoms with E-state index in [1.165, 1.54) is 6.07 Å². The van der Waals surface area contributed by atoms with Gasteiger partial charge in [-0.15, -0.1) is 0 Å². The summed E-state index contributed by atoms with van der Waals surface area (Å²) >= 11 is 0. The summed E-state index contributed by atoms with van der Waals surface area (Å²) in [6.45, 7) is 8.39. The van der Waals surface area contributed by atoms with Gasteiger partial charge in [0.25, 0.3) is 10.1 Å². The molecular formula is C10H16O3SSi. The molecule has 0 spiro atoms. The second kappa shape index (κ2) is 3.73. The van der Waals surface area contributed by atoms with Gasteiger partial charge in [-0.05, 0) is 19.1 Å². The molecule has 0 fully saturated rings. The highest BCUT2D eigenvalue weighted by molar-refractivity contribution is 7.85. The van der Waals surface area contributed by atoms with Crippen LogP contribution in [0.2, 0.25) is 19.6 Å². The van der Waals surface area contributed by atoms with E-state index in [1.54, 1.807) is 12.1 Å². The van der Waals surface area contributed by atoms with Crippen molar-refractivity contribution in [3.8, 4) is 0 Å². The van der Waals surface area contributed by atoms with Gasteiger partial charge in [0.2, 0.25) is 0 Å². The van der Waals surface area contributed by atoms with Crippen molar-refractivity contribution in [3.05, 3.63) is 23.8 Å². The zero-order chi connectivity index (χ0) is 11.9. The lowest BCUT2D eigenvalue weighted by Crippen LogP contribution is -2.39. The third kappa shape index (κ3) is 2.90. The number of aryl methyl sites for hydroxylation is 1. The maximum Gasteiger partial charge on any atom is 0.294 e. The van der Waals surface area contributed by atoms with Gasteiger partial charge in [0.05, 0.1) is 13.0 Å². The molecule has 0 bridgehead atoms. The second-order valence-corrected chi connectivity index (χ2v) is 11.2. The Balaban J connectivity index is 3.43. The maximum absolute atomic E-state index is 11.0. The summed E-state index contributed by atoms with van der Waals surface area (Å²) in [5.41, 5.74) is 1.08. The molecule has 0 amide bonds. The van der Waals surface area contributed by atoms with Crippen molar-refractivity contribution in [3.63, 3.8) is 0 Å². The molecule has 0 radical (unpaired) electrons. The summed E-state index contributed by atoms with van der Waals surface area (Å²) in [6, 6.07) is 4.78. The summed E-state index contributed by atoms with van der Waals surface area (Å²) < 4.78 is 30.9. The SMILES string of the molecule is Cc1ccc(S(=O)(=O)O)cc1[Si](C)(C)C. The van der Waals surface area contributed by atoms with Crippen LogP contribution in [0, 0.1) is 6.92 Å². The summed E-state index contributed by atoms with van der Waals surface area (Å²) in [5.74, 6) is 0. The Morgan fingerprint density at radius 2 is 1.73 bits per heavy atom. The number of hydrogen-bond acceptors (Lipinski definition) is 2. The highest BCUT2D eigenvalue weighted by Gasteiger charge is 2.21. The molecule has 0 aliphatic rings. The molecule has 84 valence electrons. The van der Waals surface area contributed by atoms with Crippen LogP contribution in [0.3, 0.4) is 0 Å². The minimum atomic E-state index is -4.08. The van der Waals surface area contributed by atoms with E-state index in [0.717, 1.165) is 10.8 Å². The first-order valence-corrected chi connectivity index (χ1v) is 9.65. The topological polar surface area (TPSA) is 54.4 Å². The van der Waals surface area contributed by atoms with E-state index in [0.29, 0.717) is 0 Å². The summed E-state index contributed by atoms with van der Waals surface area (Å²) in [5, 5.41) is 1.07. The van der Waals surface area contributed by atoms with Gasteiger partial charge in [-0.3, -0.25) is 4.55 Å². The Labute approximate surface area is 91.9 Å². The third-order valence-electron chi connectivity index (χ3n) is 2.31. The molecule has 1 rings (SSSR count). The summed E-state index contributed by atoms with van der Waals surface area (Å²) in [7, 11) is -5.64. The van der Waals surface area contributed by atoms with Crippen LogP contribution in [0.5, 0.6) is 0 Å². The molecular weight excluding hydrogens is 228 g/mol. The quantitative estimate of drug-likeness (QED) is 0.637. The Morgan fingerprint density at radius 3 is 2.13 bits per heavy atom. The predicted octanol–water partition coefficient (Wildman–Crippen LogP) is 1.79. The highest BCUT2D eigenvalue weighted by atomic mass is 32.2. The fourth-order valence-electron chi connectivity index (χ4n) is 1.57. The zero-order valence-electron chi connectivity index (χ0n) is 9.40. The largest absolute Gasteiger partial charge is 0.294 e. The Morgan fingerprint density at radius 1 is 1.20 bits per heavy atom. The van der Waals surface area contributed by atoms with Crippen LogP contribution >= 0.6 is 0 Å². The van der Waals surface area contributed by atoms with Gasteiger partial charge in [0, 0.05) is 0 Å². The van der Waals surface area contributed by atoms with Crippen LogP contribution in [-0.2, 0) is 10.1 Å². The lowest BCUT2D eigenvalue weighted by atomic mass is 10.2. The van der Waals surface area contributed by atoms with Crippen molar-refractivity contribution in [2.75, 3.05) is 0 Å².